The number of carbonyl (C=O) groups is 1. The van der Waals surface area contributed by atoms with Gasteiger partial charge >= 0.3 is 0 Å². The number of aromatic nitrogens is 3. The van der Waals surface area contributed by atoms with Crippen LogP contribution in [0.5, 0.6) is 0 Å². The van der Waals surface area contributed by atoms with Crippen LogP contribution in [0.2, 0.25) is 0 Å². The van der Waals surface area contributed by atoms with Crippen molar-refractivity contribution in [3.05, 3.63) is 52.0 Å². The first-order valence-electron chi connectivity index (χ1n) is 9.20. The van der Waals surface area contributed by atoms with Crippen molar-refractivity contribution in [3.63, 3.8) is 0 Å². The fourth-order valence-corrected chi connectivity index (χ4v) is 3.80. The minimum Gasteiger partial charge on any atom is -0.336 e. The van der Waals surface area contributed by atoms with Gasteiger partial charge in [0.2, 0.25) is 5.95 Å². The number of nitrogens with zero attached hydrogens (tertiary/aromatic N) is 5. The summed E-state index contributed by atoms with van der Waals surface area (Å²) in [5.74, 6) is 0.402. The third-order valence-corrected chi connectivity index (χ3v) is 5.28. The van der Waals surface area contributed by atoms with Gasteiger partial charge in [0, 0.05) is 43.6 Å². The Labute approximate surface area is 172 Å². The van der Waals surface area contributed by atoms with Crippen molar-refractivity contribution in [2.24, 2.45) is 0 Å². The fraction of sp³-hybridized carbons (Fsp3) is 0.250. The smallest absolute Gasteiger partial charge is 0.254 e. The van der Waals surface area contributed by atoms with E-state index in [-0.39, 0.29) is 5.91 Å². The van der Waals surface area contributed by atoms with E-state index in [2.05, 4.69) is 31.7 Å². The lowest BCUT2D eigenvalue weighted by Crippen LogP contribution is -2.46. The molecule has 9 heteroatoms. The Hall–Kier alpha value is -3.35. The summed E-state index contributed by atoms with van der Waals surface area (Å²) in [6.07, 6.45) is 1.62. The van der Waals surface area contributed by atoms with Crippen LogP contribution in [0.25, 0.3) is 11.4 Å². The number of hydrogen-bond donors (Lipinski definition) is 2. The maximum absolute atomic E-state index is 12.8. The third kappa shape index (κ3) is 4.23. The van der Waals surface area contributed by atoms with Gasteiger partial charge < -0.3 is 15.5 Å². The molecule has 1 saturated heterocycles. The zero-order chi connectivity index (χ0) is 20.2. The maximum Gasteiger partial charge on any atom is 0.254 e. The molecule has 4 rings (SSSR count). The van der Waals surface area contributed by atoms with E-state index in [1.807, 2.05) is 30.0 Å². The lowest BCUT2D eigenvalue weighted by Gasteiger charge is -2.27. The molecule has 8 nitrogen and oxygen atoms in total. The van der Waals surface area contributed by atoms with Gasteiger partial charge in [0.05, 0.1) is 11.2 Å². The first kappa shape index (κ1) is 19.0. The number of piperazine rings is 1. The molecule has 0 aliphatic carbocycles. The van der Waals surface area contributed by atoms with Gasteiger partial charge in [0.1, 0.15) is 16.6 Å². The number of aryl methyl sites for hydroxylation is 1. The Morgan fingerprint density at radius 3 is 2.90 bits per heavy atom. The second kappa shape index (κ2) is 8.34. The molecule has 0 atom stereocenters. The number of carbonyl (C=O) groups excluding carboxylic acids is 1. The van der Waals surface area contributed by atoms with Gasteiger partial charge in [-0.1, -0.05) is 0 Å². The van der Waals surface area contributed by atoms with Crippen LogP contribution in [-0.2, 0) is 0 Å². The highest BCUT2D eigenvalue weighted by Crippen LogP contribution is 2.25. The summed E-state index contributed by atoms with van der Waals surface area (Å²) in [7, 11) is 0. The van der Waals surface area contributed by atoms with E-state index in [1.165, 1.54) is 11.3 Å². The van der Waals surface area contributed by atoms with Crippen molar-refractivity contribution in [1.29, 1.82) is 5.26 Å². The minimum atomic E-state index is 0.0223. The average Bonchev–Trinajstić information content (AvgIpc) is 3.22. The Morgan fingerprint density at radius 2 is 2.10 bits per heavy atom. The zero-order valence-corrected chi connectivity index (χ0v) is 16.7. The number of nitriles is 1. The van der Waals surface area contributed by atoms with Crippen molar-refractivity contribution in [2.75, 3.05) is 31.5 Å². The monoisotopic (exact) mass is 405 g/mol. The molecule has 1 amide bonds. The van der Waals surface area contributed by atoms with Gasteiger partial charge in [0.15, 0.2) is 0 Å². The summed E-state index contributed by atoms with van der Waals surface area (Å²) >= 11 is 1.28. The maximum atomic E-state index is 12.8. The Bertz CT molecular complexity index is 1080. The molecule has 3 aromatic rings. The summed E-state index contributed by atoms with van der Waals surface area (Å²) in [4.78, 5) is 28.2. The number of hydrogen-bond acceptors (Lipinski definition) is 8. The summed E-state index contributed by atoms with van der Waals surface area (Å²) in [6, 6.07) is 9.49. The molecule has 29 heavy (non-hydrogen) atoms. The predicted octanol–water partition coefficient (Wildman–Crippen LogP) is 2.57. The highest BCUT2D eigenvalue weighted by atomic mass is 32.1. The van der Waals surface area contributed by atoms with Gasteiger partial charge in [-0.15, -0.1) is 11.3 Å². The van der Waals surface area contributed by atoms with Crippen molar-refractivity contribution < 1.29 is 4.79 Å². The van der Waals surface area contributed by atoms with E-state index in [4.69, 9.17) is 0 Å². The van der Waals surface area contributed by atoms with E-state index in [0.717, 1.165) is 24.3 Å². The first-order chi connectivity index (χ1) is 14.1. The number of nitrogens with one attached hydrogen (secondary N) is 2. The molecule has 0 spiro atoms. The SMILES string of the molecule is Cc1cc(Nc2nccc(-c3ncsc3C#N)n2)cc(C(=O)N2CCNCC2)c1. The van der Waals surface area contributed by atoms with Crippen LogP contribution in [0.1, 0.15) is 20.8 Å². The van der Waals surface area contributed by atoms with E-state index in [9.17, 15) is 10.1 Å². The molecule has 0 bridgehead atoms. The lowest BCUT2D eigenvalue weighted by molar-refractivity contribution is 0.0736. The standard InChI is InChI=1S/C20H19N7OS/c1-13-8-14(19(28)27-6-4-22-5-7-27)10-15(9-13)25-20-23-3-2-16(26-20)18-17(11-21)29-12-24-18/h2-3,8-10,12,22H,4-7H2,1H3,(H,23,25,26). The molecule has 1 aliphatic rings. The predicted molar refractivity (Wildman–Crippen MR) is 111 cm³/mol. The van der Waals surface area contributed by atoms with Gasteiger partial charge in [-0.25, -0.2) is 15.0 Å². The topological polar surface area (TPSA) is 107 Å². The minimum absolute atomic E-state index is 0.0223. The number of anilines is 2. The molecule has 1 aliphatic heterocycles. The molecule has 1 fully saturated rings. The second-order valence-corrected chi connectivity index (χ2v) is 7.52. The quantitative estimate of drug-likeness (QED) is 0.687. The molecule has 0 unspecified atom stereocenters. The second-order valence-electron chi connectivity index (χ2n) is 6.66. The van der Waals surface area contributed by atoms with Crippen molar-refractivity contribution >= 4 is 28.9 Å². The van der Waals surface area contributed by atoms with Crippen molar-refractivity contribution in [1.82, 2.24) is 25.2 Å². The average molecular weight is 405 g/mol. The molecule has 1 aromatic carbocycles. The summed E-state index contributed by atoms with van der Waals surface area (Å²) in [5.41, 5.74) is 5.08. The van der Waals surface area contributed by atoms with E-state index >= 15 is 0 Å². The Kier molecular flexibility index (Phi) is 5.46. The summed E-state index contributed by atoms with van der Waals surface area (Å²) in [5, 5.41) is 15.6. The van der Waals surface area contributed by atoms with E-state index < -0.39 is 0 Å². The molecule has 3 heterocycles. The zero-order valence-electron chi connectivity index (χ0n) is 15.8. The van der Waals surface area contributed by atoms with Crippen LogP contribution in [0.3, 0.4) is 0 Å². The third-order valence-electron chi connectivity index (χ3n) is 4.55. The molecule has 2 N–H and O–H groups in total. The van der Waals surface area contributed by atoms with Crippen molar-refractivity contribution in [2.45, 2.75) is 6.92 Å². The normalized spacial score (nSPS) is 13.7. The molecule has 2 aromatic heterocycles. The van der Waals surface area contributed by atoms with Crippen LogP contribution >= 0.6 is 11.3 Å². The van der Waals surface area contributed by atoms with Crippen LogP contribution in [0.15, 0.2) is 36.0 Å². The highest BCUT2D eigenvalue weighted by Gasteiger charge is 2.19. The Balaban J connectivity index is 1.58. The van der Waals surface area contributed by atoms with Gasteiger partial charge in [-0.3, -0.25) is 4.79 Å². The number of thiazole rings is 1. The van der Waals surface area contributed by atoms with Crippen molar-refractivity contribution in [3.8, 4) is 17.5 Å². The summed E-state index contributed by atoms with van der Waals surface area (Å²) in [6.45, 7) is 4.98. The van der Waals surface area contributed by atoms with Crippen LogP contribution in [0.4, 0.5) is 11.6 Å². The number of amides is 1. The van der Waals surface area contributed by atoms with E-state index in [1.54, 1.807) is 17.8 Å². The molecular weight excluding hydrogens is 386 g/mol. The number of rotatable bonds is 4. The molecular formula is C20H19N7OS. The van der Waals surface area contributed by atoms with Crippen LogP contribution in [0, 0.1) is 18.3 Å². The van der Waals surface area contributed by atoms with E-state index in [0.29, 0.717) is 40.9 Å². The molecule has 0 saturated carbocycles. The van der Waals surface area contributed by atoms with Crippen LogP contribution < -0.4 is 10.6 Å². The lowest BCUT2D eigenvalue weighted by atomic mass is 10.1. The van der Waals surface area contributed by atoms with Gasteiger partial charge in [0.25, 0.3) is 5.91 Å². The van der Waals surface area contributed by atoms with Crippen LogP contribution in [-0.4, -0.2) is 51.9 Å². The number of benzene rings is 1. The Morgan fingerprint density at radius 1 is 1.28 bits per heavy atom. The summed E-state index contributed by atoms with van der Waals surface area (Å²) < 4.78 is 0. The first-order valence-corrected chi connectivity index (χ1v) is 10.1. The van der Waals surface area contributed by atoms with Gasteiger partial charge in [-0.2, -0.15) is 5.26 Å². The highest BCUT2D eigenvalue weighted by molar-refractivity contribution is 7.10. The van der Waals surface area contributed by atoms with Gasteiger partial charge in [-0.05, 0) is 36.8 Å². The fourth-order valence-electron chi connectivity index (χ4n) is 3.22. The largest absolute Gasteiger partial charge is 0.336 e. The molecule has 0 radical (unpaired) electrons. The molecule has 146 valence electrons.